The minimum atomic E-state index is -0.372. The minimum absolute atomic E-state index is 0.0334. The molecule has 0 atom stereocenters. The Kier molecular flexibility index (Phi) is 4.76. The van der Waals surface area contributed by atoms with Crippen molar-refractivity contribution in [3.05, 3.63) is 76.6 Å². The van der Waals surface area contributed by atoms with Crippen LogP contribution < -0.4 is 0 Å². The highest BCUT2D eigenvalue weighted by Gasteiger charge is 2.34. The van der Waals surface area contributed by atoms with Gasteiger partial charge in [-0.25, -0.2) is 4.39 Å². The second kappa shape index (κ2) is 7.37. The number of fused-ring (bicyclic) bond motifs is 1. The highest BCUT2D eigenvalue weighted by atomic mass is 32.2. The Morgan fingerprint density at radius 1 is 1.11 bits per heavy atom. The van der Waals surface area contributed by atoms with Crippen LogP contribution in [0.3, 0.4) is 0 Å². The molecule has 138 valence electrons. The Labute approximate surface area is 165 Å². The van der Waals surface area contributed by atoms with Gasteiger partial charge in [0.25, 0.3) is 11.1 Å². The van der Waals surface area contributed by atoms with Crippen LogP contribution >= 0.6 is 11.8 Å². The molecule has 6 heteroatoms. The highest BCUT2D eigenvalue weighted by Crippen LogP contribution is 2.34. The van der Waals surface area contributed by atoms with Crippen molar-refractivity contribution in [2.45, 2.75) is 6.54 Å². The number of benzene rings is 2. The fourth-order valence-corrected chi connectivity index (χ4v) is 4.01. The normalized spacial score (nSPS) is 15.6. The van der Waals surface area contributed by atoms with Crippen LogP contribution in [0.4, 0.5) is 9.18 Å². The van der Waals surface area contributed by atoms with Gasteiger partial charge in [0, 0.05) is 29.2 Å². The summed E-state index contributed by atoms with van der Waals surface area (Å²) in [4.78, 5) is 25.9. The molecule has 1 aromatic heterocycles. The van der Waals surface area contributed by atoms with Crippen LogP contribution in [0.1, 0.15) is 11.1 Å². The van der Waals surface area contributed by atoms with Crippen molar-refractivity contribution in [3.63, 3.8) is 0 Å². The van der Waals surface area contributed by atoms with E-state index in [4.69, 9.17) is 6.42 Å². The summed E-state index contributed by atoms with van der Waals surface area (Å²) in [5, 5.41) is 0.609. The van der Waals surface area contributed by atoms with Crippen LogP contribution in [0.5, 0.6) is 0 Å². The number of amides is 2. The van der Waals surface area contributed by atoms with E-state index in [1.165, 1.54) is 12.1 Å². The first-order chi connectivity index (χ1) is 13.6. The maximum Gasteiger partial charge on any atom is 0.294 e. The van der Waals surface area contributed by atoms with Gasteiger partial charge in [-0.3, -0.25) is 14.5 Å². The summed E-state index contributed by atoms with van der Waals surface area (Å²) in [6.45, 7) is 0.529. The number of rotatable bonds is 4. The molecule has 1 aliphatic rings. The molecule has 2 aromatic carbocycles. The van der Waals surface area contributed by atoms with Crippen molar-refractivity contribution in [3.8, 4) is 12.3 Å². The molecule has 0 radical (unpaired) electrons. The molecule has 4 rings (SSSR count). The van der Waals surface area contributed by atoms with Crippen LogP contribution in [0.15, 0.2) is 59.6 Å². The number of thioether (sulfide) groups is 1. The van der Waals surface area contributed by atoms with E-state index in [-0.39, 0.29) is 23.5 Å². The third-order valence-electron chi connectivity index (χ3n) is 4.50. The van der Waals surface area contributed by atoms with Gasteiger partial charge in [-0.2, -0.15) is 0 Å². The molecule has 0 aliphatic carbocycles. The quantitative estimate of drug-likeness (QED) is 0.487. The fraction of sp³-hybridized carbons (Fsp3) is 0.0909. The van der Waals surface area contributed by atoms with Gasteiger partial charge in [-0.1, -0.05) is 36.3 Å². The van der Waals surface area contributed by atoms with Gasteiger partial charge >= 0.3 is 0 Å². The van der Waals surface area contributed by atoms with Crippen molar-refractivity contribution in [1.29, 1.82) is 0 Å². The van der Waals surface area contributed by atoms with Gasteiger partial charge in [-0.05, 0) is 41.6 Å². The van der Waals surface area contributed by atoms with E-state index in [1.54, 1.807) is 18.2 Å². The number of para-hydroxylation sites is 1. The van der Waals surface area contributed by atoms with E-state index in [2.05, 4.69) is 5.92 Å². The lowest BCUT2D eigenvalue weighted by molar-refractivity contribution is -0.122. The van der Waals surface area contributed by atoms with Crippen LogP contribution in [0.2, 0.25) is 0 Å². The first-order valence-corrected chi connectivity index (χ1v) is 9.39. The number of carbonyl (C=O) groups excluding carboxylic acids is 2. The van der Waals surface area contributed by atoms with Crippen molar-refractivity contribution in [2.75, 3.05) is 6.54 Å². The third-order valence-corrected chi connectivity index (χ3v) is 5.40. The second-order valence-electron chi connectivity index (χ2n) is 6.33. The summed E-state index contributed by atoms with van der Waals surface area (Å²) in [6, 6.07) is 14.2. The summed E-state index contributed by atoms with van der Waals surface area (Å²) in [5.74, 6) is 1.69. The first-order valence-electron chi connectivity index (χ1n) is 8.58. The van der Waals surface area contributed by atoms with E-state index < -0.39 is 0 Å². The van der Waals surface area contributed by atoms with Crippen LogP contribution in [-0.2, 0) is 11.3 Å². The number of terminal acetylenes is 1. The van der Waals surface area contributed by atoms with Gasteiger partial charge in [0.05, 0.1) is 11.4 Å². The van der Waals surface area contributed by atoms with E-state index in [9.17, 15) is 14.0 Å². The Morgan fingerprint density at radius 2 is 1.86 bits per heavy atom. The minimum Gasteiger partial charge on any atom is -0.342 e. The number of aromatic nitrogens is 1. The number of halogens is 1. The highest BCUT2D eigenvalue weighted by molar-refractivity contribution is 8.18. The van der Waals surface area contributed by atoms with Crippen molar-refractivity contribution in [1.82, 2.24) is 9.47 Å². The molecular formula is C22H15FN2O2S. The molecule has 0 spiro atoms. The van der Waals surface area contributed by atoms with Crippen molar-refractivity contribution >= 4 is 39.9 Å². The lowest BCUT2D eigenvalue weighted by Gasteiger charge is -2.06. The van der Waals surface area contributed by atoms with Gasteiger partial charge in [0.2, 0.25) is 0 Å². The topological polar surface area (TPSA) is 42.3 Å². The summed E-state index contributed by atoms with van der Waals surface area (Å²) < 4.78 is 15.2. The lowest BCUT2D eigenvalue weighted by Crippen LogP contribution is -2.28. The monoisotopic (exact) mass is 390 g/mol. The average molecular weight is 390 g/mol. The van der Waals surface area contributed by atoms with Crippen molar-refractivity contribution < 1.29 is 14.0 Å². The zero-order valence-corrected chi connectivity index (χ0v) is 15.6. The number of carbonyl (C=O) groups is 2. The fourth-order valence-electron chi connectivity index (χ4n) is 3.18. The van der Waals surface area contributed by atoms with Gasteiger partial charge in [0.15, 0.2) is 0 Å². The summed E-state index contributed by atoms with van der Waals surface area (Å²) >= 11 is 0.892. The zero-order valence-electron chi connectivity index (χ0n) is 14.8. The summed E-state index contributed by atoms with van der Waals surface area (Å²) in [6.07, 6.45) is 8.90. The largest absolute Gasteiger partial charge is 0.342 e. The van der Waals surface area contributed by atoms with Crippen molar-refractivity contribution in [2.24, 2.45) is 0 Å². The SMILES string of the molecule is C#CCN1C(=O)S/C(=C/c2cn(Cc3ccc(F)cc3)c3ccccc23)C1=O. The molecular weight excluding hydrogens is 375 g/mol. The Hall–Kier alpha value is -3.30. The number of imide groups is 1. The molecule has 4 nitrogen and oxygen atoms in total. The standard InChI is InChI=1S/C22H15FN2O2S/c1-2-11-25-21(26)20(28-22(25)27)12-16-14-24(19-6-4-3-5-18(16)19)13-15-7-9-17(23)10-8-15/h1,3-10,12,14H,11,13H2/b20-12+. The van der Waals surface area contributed by atoms with E-state index in [0.717, 1.165) is 38.7 Å². The van der Waals surface area contributed by atoms with E-state index in [1.807, 2.05) is 35.0 Å². The average Bonchev–Trinajstić information content (AvgIpc) is 3.17. The smallest absolute Gasteiger partial charge is 0.294 e. The van der Waals surface area contributed by atoms with Gasteiger partial charge < -0.3 is 4.57 Å². The molecule has 1 fully saturated rings. The van der Waals surface area contributed by atoms with Crippen LogP contribution in [-0.4, -0.2) is 27.2 Å². The Balaban J connectivity index is 1.73. The maximum atomic E-state index is 13.2. The molecule has 2 amide bonds. The third kappa shape index (κ3) is 3.32. The van der Waals surface area contributed by atoms with Gasteiger partial charge in [0.1, 0.15) is 5.82 Å². The second-order valence-corrected chi connectivity index (χ2v) is 7.32. The molecule has 0 bridgehead atoms. The molecule has 3 aromatic rings. The molecule has 1 aliphatic heterocycles. The molecule has 1 saturated heterocycles. The summed E-state index contributed by atoms with van der Waals surface area (Å²) in [7, 11) is 0. The van der Waals surface area contributed by atoms with Gasteiger partial charge in [-0.15, -0.1) is 6.42 Å². The van der Waals surface area contributed by atoms with E-state index >= 15 is 0 Å². The number of hydrogen-bond donors (Lipinski definition) is 0. The number of hydrogen-bond acceptors (Lipinski definition) is 3. The molecule has 0 N–H and O–H groups in total. The molecule has 0 unspecified atom stereocenters. The predicted octanol–water partition coefficient (Wildman–Crippen LogP) is 4.50. The maximum absolute atomic E-state index is 13.2. The Morgan fingerprint density at radius 3 is 2.61 bits per heavy atom. The zero-order chi connectivity index (χ0) is 19.7. The number of nitrogens with zero attached hydrogens (tertiary/aromatic N) is 2. The van der Waals surface area contributed by atoms with Crippen LogP contribution in [0.25, 0.3) is 17.0 Å². The molecule has 0 saturated carbocycles. The summed E-state index contributed by atoms with van der Waals surface area (Å²) in [5.41, 5.74) is 2.79. The van der Waals surface area contributed by atoms with Crippen LogP contribution in [0, 0.1) is 18.2 Å². The lowest BCUT2D eigenvalue weighted by atomic mass is 10.1. The first kappa shape index (κ1) is 18.1. The predicted molar refractivity (Wildman–Crippen MR) is 109 cm³/mol. The molecule has 28 heavy (non-hydrogen) atoms. The Bertz CT molecular complexity index is 1160. The van der Waals surface area contributed by atoms with E-state index in [0.29, 0.717) is 11.4 Å². The molecule has 2 heterocycles.